The highest BCUT2D eigenvalue weighted by atomic mass is 32.2. The van der Waals surface area contributed by atoms with Crippen molar-refractivity contribution in [1.29, 1.82) is 0 Å². The molecular weight excluding hydrogens is 330 g/mol. The summed E-state index contributed by atoms with van der Waals surface area (Å²) in [5.74, 6) is 0. The molecule has 0 fully saturated rings. The Labute approximate surface area is 137 Å². The van der Waals surface area contributed by atoms with Crippen LogP contribution in [0.3, 0.4) is 0 Å². The van der Waals surface area contributed by atoms with Crippen molar-refractivity contribution in [3.63, 3.8) is 0 Å². The minimum atomic E-state index is -3.71. The number of fused-ring (bicyclic) bond motifs is 2. The molecule has 0 N–H and O–H groups in total. The fourth-order valence-electron chi connectivity index (χ4n) is 2.85. The van der Waals surface area contributed by atoms with Gasteiger partial charge in [0.05, 0.1) is 16.8 Å². The highest BCUT2D eigenvalue weighted by molar-refractivity contribution is 7.91. The van der Waals surface area contributed by atoms with Crippen LogP contribution >= 0.6 is 0 Å². The Kier molecular flexibility index (Phi) is 2.88. The second kappa shape index (κ2) is 4.75. The van der Waals surface area contributed by atoms with E-state index >= 15 is 0 Å². The average Bonchev–Trinajstić information content (AvgIpc) is 2.83. The zero-order valence-corrected chi connectivity index (χ0v) is 13.3. The van der Waals surface area contributed by atoms with Crippen LogP contribution in [0, 0.1) is 0 Å². The first-order valence-electron chi connectivity index (χ1n) is 7.07. The van der Waals surface area contributed by atoms with E-state index in [4.69, 9.17) is 0 Å². The van der Waals surface area contributed by atoms with Crippen LogP contribution in [-0.4, -0.2) is 42.8 Å². The third-order valence-electron chi connectivity index (χ3n) is 4.02. The van der Waals surface area contributed by atoms with Crippen LogP contribution in [0.25, 0.3) is 0 Å². The summed E-state index contributed by atoms with van der Waals surface area (Å²) in [4.78, 5) is 13.4. The van der Waals surface area contributed by atoms with E-state index in [-0.39, 0.29) is 9.79 Å². The monoisotopic (exact) mass is 341 g/mol. The summed E-state index contributed by atoms with van der Waals surface area (Å²) in [5, 5.41) is 15.5. The van der Waals surface area contributed by atoms with Crippen LogP contribution in [0.5, 0.6) is 0 Å². The lowest BCUT2D eigenvalue weighted by Crippen LogP contribution is -2.38. The maximum Gasteiger partial charge on any atom is 0.524 e. The van der Waals surface area contributed by atoms with Crippen LogP contribution in [0.1, 0.15) is 11.1 Å². The largest absolute Gasteiger partial charge is 0.825 e. The summed E-state index contributed by atoms with van der Waals surface area (Å²) >= 11 is 0. The Morgan fingerprint density at radius 1 is 1.00 bits per heavy atom. The summed E-state index contributed by atoms with van der Waals surface area (Å²) in [7, 11) is -2.38. The van der Waals surface area contributed by atoms with E-state index < -0.39 is 21.9 Å². The molecule has 2 amide bonds. The molecule has 0 saturated heterocycles. The quantitative estimate of drug-likeness (QED) is 0.553. The minimum Gasteiger partial charge on any atom is -0.825 e. The van der Waals surface area contributed by atoms with Crippen molar-refractivity contribution in [2.24, 2.45) is 5.10 Å². The molecule has 2 aliphatic heterocycles. The SMILES string of the molecule is CN1C(=O)[N+](=C2c3ccccc3S(=O)(=O)c3ccccc32)N=C1[O-]. The standard InChI is InChI=1S/C16H11N3O4S/c1-18-15(20)17-19(16(18)21)14-10-6-2-4-8-12(10)24(22,23)13-9-5-3-7-11(13)14/h2-9H,1H3. The van der Waals surface area contributed by atoms with E-state index in [0.717, 1.165) is 9.58 Å². The number of hydrogen-bond acceptors (Lipinski definition) is 5. The Bertz CT molecular complexity index is 1010. The van der Waals surface area contributed by atoms with Gasteiger partial charge in [0, 0.05) is 11.1 Å². The molecule has 0 radical (unpaired) electrons. The lowest BCUT2D eigenvalue weighted by Gasteiger charge is -2.20. The van der Waals surface area contributed by atoms with Gasteiger partial charge in [-0.15, -0.1) is 0 Å². The van der Waals surface area contributed by atoms with E-state index in [1.807, 2.05) is 0 Å². The molecule has 24 heavy (non-hydrogen) atoms. The molecule has 7 nitrogen and oxygen atoms in total. The van der Waals surface area contributed by atoms with Crippen molar-refractivity contribution >= 4 is 27.6 Å². The molecular formula is C16H11N3O4S. The molecule has 8 heteroatoms. The van der Waals surface area contributed by atoms with Crippen LogP contribution in [-0.2, 0) is 9.84 Å². The highest BCUT2D eigenvalue weighted by Gasteiger charge is 2.41. The summed E-state index contributed by atoms with van der Waals surface area (Å²) in [6, 6.07) is 11.4. The number of nitrogens with zero attached hydrogens (tertiary/aromatic N) is 3. The van der Waals surface area contributed by atoms with Gasteiger partial charge in [0.2, 0.25) is 15.9 Å². The second-order valence-corrected chi connectivity index (χ2v) is 7.27. The Morgan fingerprint density at radius 2 is 1.50 bits per heavy atom. The molecule has 0 spiro atoms. The van der Waals surface area contributed by atoms with Gasteiger partial charge in [0.15, 0.2) is 5.71 Å². The number of hydrazone groups is 1. The first-order chi connectivity index (χ1) is 11.4. The number of sulfone groups is 1. The molecule has 0 aromatic heterocycles. The number of carbonyl (C=O) groups is 1. The predicted molar refractivity (Wildman–Crippen MR) is 82.4 cm³/mol. The number of amides is 2. The fraction of sp³-hybridized carbons (Fsp3) is 0.0625. The lowest BCUT2D eigenvalue weighted by atomic mass is 10.0. The molecule has 0 atom stereocenters. The van der Waals surface area contributed by atoms with Crippen molar-refractivity contribution in [3.8, 4) is 0 Å². The summed E-state index contributed by atoms with van der Waals surface area (Å²) < 4.78 is 26.6. The maximum atomic E-state index is 12.8. The molecule has 2 aromatic carbocycles. The zero-order valence-electron chi connectivity index (χ0n) is 12.5. The van der Waals surface area contributed by atoms with Crippen molar-refractivity contribution in [2.45, 2.75) is 9.79 Å². The Balaban J connectivity index is 2.17. The smallest absolute Gasteiger partial charge is 0.524 e. The molecule has 0 unspecified atom stereocenters. The Morgan fingerprint density at radius 3 is 1.96 bits per heavy atom. The van der Waals surface area contributed by atoms with Crippen molar-refractivity contribution < 1.29 is 23.0 Å². The third-order valence-corrected chi connectivity index (χ3v) is 5.89. The predicted octanol–water partition coefficient (Wildman–Crippen LogP) is 0.379. The fourth-order valence-corrected chi connectivity index (χ4v) is 4.51. The van der Waals surface area contributed by atoms with Gasteiger partial charge < -0.3 is 5.11 Å². The summed E-state index contributed by atoms with van der Waals surface area (Å²) in [6.45, 7) is 0. The molecule has 2 aliphatic rings. The van der Waals surface area contributed by atoms with E-state index in [1.165, 1.54) is 19.2 Å². The summed E-state index contributed by atoms with van der Waals surface area (Å²) in [5.41, 5.74) is 0.978. The van der Waals surface area contributed by atoms with E-state index in [2.05, 4.69) is 5.10 Å². The lowest BCUT2D eigenvalue weighted by molar-refractivity contribution is -0.430. The van der Waals surface area contributed by atoms with Crippen LogP contribution in [0.15, 0.2) is 63.4 Å². The molecule has 0 saturated carbocycles. The number of rotatable bonds is 0. The first kappa shape index (κ1) is 14.6. The van der Waals surface area contributed by atoms with Crippen LogP contribution in [0.4, 0.5) is 4.79 Å². The Hall–Kier alpha value is -3.00. The van der Waals surface area contributed by atoms with Gasteiger partial charge in [-0.3, -0.25) is 0 Å². The van der Waals surface area contributed by atoms with E-state index in [9.17, 15) is 18.3 Å². The first-order valence-corrected chi connectivity index (χ1v) is 8.55. The molecule has 0 bridgehead atoms. The van der Waals surface area contributed by atoms with Gasteiger partial charge in [-0.05, 0) is 29.4 Å². The third kappa shape index (κ3) is 1.77. The molecule has 2 aromatic rings. The molecule has 0 aliphatic carbocycles. The minimum absolute atomic E-state index is 0.0868. The number of urea groups is 1. The number of carbonyl (C=O) groups excluding carboxylic acids is 1. The van der Waals surface area contributed by atoms with E-state index in [0.29, 0.717) is 16.8 Å². The topological polar surface area (TPSA) is 92.9 Å². The van der Waals surface area contributed by atoms with Gasteiger partial charge in [0.1, 0.15) is 0 Å². The second-order valence-electron chi connectivity index (χ2n) is 5.38. The number of amidine groups is 1. The molecule has 120 valence electrons. The van der Waals surface area contributed by atoms with Gasteiger partial charge in [-0.2, -0.15) is 9.69 Å². The number of benzene rings is 2. The van der Waals surface area contributed by atoms with E-state index in [1.54, 1.807) is 36.4 Å². The van der Waals surface area contributed by atoms with Gasteiger partial charge in [-0.1, -0.05) is 28.9 Å². The molecule has 2 heterocycles. The maximum absolute atomic E-state index is 12.8. The van der Waals surface area contributed by atoms with Crippen LogP contribution < -0.4 is 5.11 Å². The van der Waals surface area contributed by atoms with Gasteiger partial charge in [-0.25, -0.2) is 8.42 Å². The highest BCUT2D eigenvalue weighted by Crippen LogP contribution is 2.34. The van der Waals surface area contributed by atoms with Crippen molar-refractivity contribution in [2.75, 3.05) is 7.05 Å². The zero-order chi connectivity index (χ0) is 17.1. The number of hydrogen-bond donors (Lipinski definition) is 0. The van der Waals surface area contributed by atoms with Gasteiger partial charge in [0.25, 0.3) is 0 Å². The van der Waals surface area contributed by atoms with Crippen molar-refractivity contribution in [1.82, 2.24) is 4.90 Å². The normalized spacial score (nSPS) is 18.3. The van der Waals surface area contributed by atoms with Crippen LogP contribution in [0.2, 0.25) is 0 Å². The molecule has 4 rings (SSSR count). The summed E-state index contributed by atoms with van der Waals surface area (Å²) in [6.07, 6.45) is 0. The van der Waals surface area contributed by atoms with Gasteiger partial charge >= 0.3 is 6.03 Å². The average molecular weight is 341 g/mol. The van der Waals surface area contributed by atoms with Crippen molar-refractivity contribution in [3.05, 3.63) is 59.7 Å².